The first kappa shape index (κ1) is 16.7. The number of hydrogen-bond acceptors (Lipinski definition) is 3. The van der Waals surface area contributed by atoms with Crippen molar-refractivity contribution in [1.82, 2.24) is 0 Å². The molecule has 0 fully saturated rings. The standard InChI is InChI=1S/C18H21NO2/c1-7-15(16(8-2)19-6)13-9-11-14(12-10-13)17(20)21-18(3,4)5/h2,7,9-12H,1,3-6H3/b15-7-,19-16?. The molecular formula is C18H21NO2. The third kappa shape index (κ3) is 4.61. The average Bonchev–Trinajstić information content (AvgIpc) is 2.43. The van der Waals surface area contributed by atoms with E-state index in [2.05, 4.69) is 10.9 Å². The highest BCUT2D eigenvalue weighted by Gasteiger charge is 2.18. The Labute approximate surface area is 126 Å². The average molecular weight is 283 g/mol. The Bertz CT molecular complexity index is 608. The van der Waals surface area contributed by atoms with Crippen LogP contribution in [0.4, 0.5) is 0 Å². The van der Waals surface area contributed by atoms with E-state index >= 15 is 0 Å². The fourth-order valence-corrected chi connectivity index (χ4v) is 1.83. The van der Waals surface area contributed by atoms with Crippen molar-refractivity contribution in [3.63, 3.8) is 0 Å². The zero-order valence-corrected chi connectivity index (χ0v) is 13.2. The lowest BCUT2D eigenvalue weighted by atomic mass is 10.00. The number of nitrogens with zero attached hydrogens (tertiary/aromatic N) is 1. The number of ether oxygens (including phenoxy) is 1. The predicted octanol–water partition coefficient (Wildman–Crippen LogP) is 3.75. The smallest absolute Gasteiger partial charge is 0.338 e. The first-order chi connectivity index (χ1) is 9.82. The molecule has 0 aliphatic carbocycles. The Balaban J connectivity index is 3.03. The van der Waals surface area contributed by atoms with Gasteiger partial charge in [0.1, 0.15) is 11.3 Å². The van der Waals surface area contributed by atoms with Gasteiger partial charge in [0.2, 0.25) is 0 Å². The molecule has 1 aromatic carbocycles. The van der Waals surface area contributed by atoms with E-state index in [9.17, 15) is 4.79 Å². The van der Waals surface area contributed by atoms with Gasteiger partial charge in [-0.05, 0) is 45.4 Å². The monoisotopic (exact) mass is 283 g/mol. The van der Waals surface area contributed by atoms with Gasteiger partial charge < -0.3 is 4.74 Å². The first-order valence-electron chi connectivity index (χ1n) is 6.76. The third-order valence-corrected chi connectivity index (χ3v) is 2.73. The lowest BCUT2D eigenvalue weighted by Gasteiger charge is -2.19. The van der Waals surface area contributed by atoms with Crippen molar-refractivity contribution in [3.05, 3.63) is 41.5 Å². The molecule has 0 saturated heterocycles. The molecule has 0 spiro atoms. The molecule has 0 saturated carbocycles. The van der Waals surface area contributed by atoms with E-state index in [1.807, 2.05) is 45.9 Å². The minimum Gasteiger partial charge on any atom is -0.456 e. The van der Waals surface area contributed by atoms with Crippen LogP contribution < -0.4 is 0 Å². The number of esters is 1. The number of rotatable bonds is 3. The Morgan fingerprint density at radius 1 is 1.24 bits per heavy atom. The van der Waals surface area contributed by atoms with Crippen LogP contribution in [0.25, 0.3) is 5.57 Å². The van der Waals surface area contributed by atoms with Crippen LogP contribution in [-0.4, -0.2) is 24.3 Å². The second kappa shape index (κ2) is 6.90. The van der Waals surface area contributed by atoms with Gasteiger partial charge in [-0.1, -0.05) is 24.1 Å². The summed E-state index contributed by atoms with van der Waals surface area (Å²) < 4.78 is 5.33. The van der Waals surface area contributed by atoms with E-state index in [-0.39, 0.29) is 5.97 Å². The predicted molar refractivity (Wildman–Crippen MR) is 87.5 cm³/mol. The lowest BCUT2D eigenvalue weighted by molar-refractivity contribution is 0.00695. The minimum absolute atomic E-state index is 0.336. The van der Waals surface area contributed by atoms with Crippen molar-refractivity contribution < 1.29 is 9.53 Å². The molecule has 3 nitrogen and oxygen atoms in total. The second-order valence-corrected chi connectivity index (χ2v) is 5.50. The van der Waals surface area contributed by atoms with Crippen LogP contribution in [0.3, 0.4) is 0 Å². The van der Waals surface area contributed by atoms with Crippen molar-refractivity contribution in [2.45, 2.75) is 33.3 Å². The molecule has 0 N–H and O–H groups in total. The molecule has 1 rings (SSSR count). The van der Waals surface area contributed by atoms with Gasteiger partial charge in [0, 0.05) is 12.6 Å². The van der Waals surface area contributed by atoms with Gasteiger partial charge in [0.05, 0.1) is 5.56 Å². The Morgan fingerprint density at radius 3 is 2.14 bits per heavy atom. The van der Waals surface area contributed by atoms with Crippen LogP contribution in [0.5, 0.6) is 0 Å². The summed E-state index contributed by atoms with van der Waals surface area (Å²) in [5.41, 5.74) is 2.39. The van der Waals surface area contributed by atoms with Gasteiger partial charge in [-0.2, -0.15) is 0 Å². The number of allylic oxidation sites excluding steroid dienone is 2. The van der Waals surface area contributed by atoms with E-state index in [4.69, 9.17) is 11.2 Å². The number of carbonyl (C=O) groups excluding carboxylic acids is 1. The van der Waals surface area contributed by atoms with Crippen molar-refractivity contribution in [1.29, 1.82) is 0 Å². The highest BCUT2D eigenvalue weighted by Crippen LogP contribution is 2.19. The summed E-state index contributed by atoms with van der Waals surface area (Å²) >= 11 is 0. The van der Waals surface area contributed by atoms with E-state index in [1.54, 1.807) is 19.2 Å². The maximum Gasteiger partial charge on any atom is 0.338 e. The normalized spacial score (nSPS) is 12.8. The zero-order valence-electron chi connectivity index (χ0n) is 13.2. The third-order valence-electron chi connectivity index (χ3n) is 2.73. The molecule has 3 heteroatoms. The highest BCUT2D eigenvalue weighted by molar-refractivity contribution is 6.31. The molecule has 110 valence electrons. The minimum atomic E-state index is -0.504. The molecule has 0 amide bonds. The van der Waals surface area contributed by atoms with Crippen molar-refractivity contribution >= 4 is 17.3 Å². The quantitative estimate of drug-likeness (QED) is 0.481. The molecule has 0 aromatic heterocycles. The van der Waals surface area contributed by atoms with Gasteiger partial charge >= 0.3 is 5.97 Å². The highest BCUT2D eigenvalue weighted by atomic mass is 16.6. The van der Waals surface area contributed by atoms with Gasteiger partial charge in [0.25, 0.3) is 0 Å². The van der Waals surface area contributed by atoms with Crippen molar-refractivity contribution in [2.24, 2.45) is 4.99 Å². The van der Waals surface area contributed by atoms with Crippen LogP contribution in [0.15, 0.2) is 35.3 Å². The number of aliphatic imine (C=N–C) groups is 1. The Kier molecular flexibility index (Phi) is 5.49. The topological polar surface area (TPSA) is 38.7 Å². The zero-order chi connectivity index (χ0) is 16.0. The van der Waals surface area contributed by atoms with Crippen LogP contribution in [0.2, 0.25) is 0 Å². The fourth-order valence-electron chi connectivity index (χ4n) is 1.83. The second-order valence-electron chi connectivity index (χ2n) is 5.50. The van der Waals surface area contributed by atoms with Crippen LogP contribution >= 0.6 is 0 Å². The molecule has 0 atom stereocenters. The summed E-state index contributed by atoms with van der Waals surface area (Å²) in [6, 6.07) is 7.15. The SMILES string of the molecule is C#CC(=NC)/C(=C\C)c1ccc(C(=O)OC(C)(C)C)cc1. The molecule has 0 bridgehead atoms. The molecule has 0 unspecified atom stereocenters. The molecule has 0 aliphatic rings. The maximum atomic E-state index is 12.0. The van der Waals surface area contributed by atoms with E-state index < -0.39 is 5.60 Å². The van der Waals surface area contributed by atoms with E-state index in [0.717, 1.165) is 11.1 Å². The van der Waals surface area contributed by atoms with Crippen molar-refractivity contribution in [2.75, 3.05) is 7.05 Å². The summed E-state index contributed by atoms with van der Waals surface area (Å²) in [7, 11) is 1.66. The van der Waals surface area contributed by atoms with E-state index in [1.165, 1.54) is 0 Å². The first-order valence-corrected chi connectivity index (χ1v) is 6.76. The van der Waals surface area contributed by atoms with Gasteiger partial charge in [-0.25, -0.2) is 4.79 Å². The van der Waals surface area contributed by atoms with Crippen molar-refractivity contribution in [3.8, 4) is 12.3 Å². The molecule has 21 heavy (non-hydrogen) atoms. The van der Waals surface area contributed by atoms with Gasteiger partial charge in [-0.3, -0.25) is 4.99 Å². The molecule has 1 aromatic rings. The number of benzene rings is 1. The Hall–Kier alpha value is -2.34. The Morgan fingerprint density at radius 2 is 1.76 bits per heavy atom. The van der Waals surface area contributed by atoms with Crippen LogP contribution in [0, 0.1) is 12.3 Å². The summed E-state index contributed by atoms with van der Waals surface area (Å²) in [6.45, 7) is 7.43. The van der Waals surface area contributed by atoms with E-state index in [0.29, 0.717) is 11.3 Å². The maximum absolute atomic E-state index is 12.0. The molecular weight excluding hydrogens is 262 g/mol. The largest absolute Gasteiger partial charge is 0.456 e. The van der Waals surface area contributed by atoms with Gasteiger partial charge in [-0.15, -0.1) is 6.42 Å². The summed E-state index contributed by atoms with van der Waals surface area (Å²) in [5.74, 6) is 2.22. The lowest BCUT2D eigenvalue weighted by Crippen LogP contribution is -2.23. The summed E-state index contributed by atoms with van der Waals surface area (Å²) in [4.78, 5) is 16.0. The molecule has 0 heterocycles. The number of carbonyl (C=O) groups is 1. The summed E-state index contributed by atoms with van der Waals surface area (Å²) in [5, 5.41) is 0. The number of hydrogen-bond donors (Lipinski definition) is 0. The van der Waals surface area contributed by atoms with Crippen LogP contribution in [0.1, 0.15) is 43.6 Å². The fraction of sp³-hybridized carbons (Fsp3) is 0.333. The van der Waals surface area contributed by atoms with Crippen LogP contribution in [-0.2, 0) is 4.74 Å². The molecule has 0 radical (unpaired) electrons. The van der Waals surface area contributed by atoms with Gasteiger partial charge in [0.15, 0.2) is 0 Å². The number of terminal acetylenes is 1. The molecule has 0 aliphatic heterocycles. The summed E-state index contributed by atoms with van der Waals surface area (Å²) in [6.07, 6.45) is 7.36.